The summed E-state index contributed by atoms with van der Waals surface area (Å²) in [5.74, 6) is 0.297. The van der Waals surface area contributed by atoms with Gasteiger partial charge in [0.15, 0.2) is 0 Å². The Bertz CT molecular complexity index is 356. The van der Waals surface area contributed by atoms with Crippen LogP contribution < -0.4 is 5.73 Å². The van der Waals surface area contributed by atoms with E-state index in [1.54, 1.807) is 0 Å². The highest BCUT2D eigenvalue weighted by Crippen LogP contribution is 2.31. The lowest BCUT2D eigenvalue weighted by atomic mass is 9.80. The molecular weight excluding hydrogens is 270 g/mol. The van der Waals surface area contributed by atoms with Gasteiger partial charge in [-0.2, -0.15) is 0 Å². The van der Waals surface area contributed by atoms with Crippen LogP contribution in [0.3, 0.4) is 0 Å². The summed E-state index contributed by atoms with van der Waals surface area (Å²) in [7, 11) is 0. The van der Waals surface area contributed by atoms with Crippen LogP contribution in [0.5, 0.6) is 0 Å². The molecule has 2 fully saturated rings. The maximum Gasteiger partial charge on any atom is 0.236 e. The van der Waals surface area contributed by atoms with Gasteiger partial charge in [-0.1, -0.05) is 32.0 Å². The quantitative estimate of drug-likeness (QED) is 0.807. The van der Waals surface area contributed by atoms with Crippen LogP contribution in [0.15, 0.2) is 0 Å². The van der Waals surface area contributed by atoms with Crippen LogP contribution >= 0.6 is 12.2 Å². The lowest BCUT2D eigenvalue weighted by Gasteiger charge is -2.39. The molecule has 0 aromatic heterocycles. The summed E-state index contributed by atoms with van der Waals surface area (Å²) in [6, 6.07) is 0. The maximum absolute atomic E-state index is 12.3. The highest BCUT2D eigenvalue weighted by molar-refractivity contribution is 7.80. The molecule has 114 valence electrons. The van der Waals surface area contributed by atoms with Crippen LogP contribution in [0.2, 0.25) is 0 Å². The normalized spacial score (nSPS) is 24.1. The second-order valence-corrected chi connectivity index (χ2v) is 6.94. The minimum Gasteiger partial charge on any atom is -0.393 e. The van der Waals surface area contributed by atoms with Gasteiger partial charge in [-0.05, 0) is 38.8 Å². The topological polar surface area (TPSA) is 49.6 Å². The van der Waals surface area contributed by atoms with Crippen molar-refractivity contribution in [1.29, 1.82) is 0 Å². The Labute approximate surface area is 127 Å². The number of hydrogen-bond donors (Lipinski definition) is 1. The van der Waals surface area contributed by atoms with Crippen molar-refractivity contribution in [3.05, 3.63) is 0 Å². The number of nitrogens with zero attached hydrogens (tertiary/aromatic N) is 2. The van der Waals surface area contributed by atoms with Gasteiger partial charge in [-0.25, -0.2) is 0 Å². The Morgan fingerprint density at radius 2 is 1.65 bits per heavy atom. The Balaban J connectivity index is 1.80. The summed E-state index contributed by atoms with van der Waals surface area (Å²) >= 11 is 5.16. The van der Waals surface area contributed by atoms with E-state index in [4.69, 9.17) is 18.0 Å². The fourth-order valence-corrected chi connectivity index (χ4v) is 3.27. The highest BCUT2D eigenvalue weighted by Gasteiger charge is 2.33. The molecule has 5 heteroatoms. The van der Waals surface area contributed by atoms with E-state index in [0.717, 1.165) is 51.9 Å². The fraction of sp³-hybridized carbons (Fsp3) is 0.867. The van der Waals surface area contributed by atoms with Gasteiger partial charge in [0, 0.05) is 18.5 Å². The number of amides is 1. The second-order valence-electron chi connectivity index (χ2n) is 6.50. The first-order valence-electron chi connectivity index (χ1n) is 7.81. The zero-order valence-electron chi connectivity index (χ0n) is 12.6. The zero-order valence-corrected chi connectivity index (χ0v) is 13.4. The third-order valence-electron chi connectivity index (χ3n) is 4.87. The van der Waals surface area contributed by atoms with Crippen molar-refractivity contribution in [3.8, 4) is 0 Å². The van der Waals surface area contributed by atoms with Gasteiger partial charge in [-0.3, -0.25) is 9.69 Å². The van der Waals surface area contributed by atoms with Gasteiger partial charge in [0.1, 0.15) is 0 Å². The largest absolute Gasteiger partial charge is 0.393 e. The van der Waals surface area contributed by atoms with Crippen LogP contribution in [0, 0.1) is 5.41 Å². The average molecular weight is 297 g/mol. The molecule has 2 N–H and O–H groups in total. The second kappa shape index (κ2) is 6.85. The SMILES string of the molecule is CC1(C(N)=S)CCN(CC(=O)N2CCCCCC2)CC1. The molecule has 0 spiro atoms. The Hall–Kier alpha value is -0.680. The Morgan fingerprint density at radius 3 is 2.15 bits per heavy atom. The molecule has 4 nitrogen and oxygen atoms in total. The number of rotatable bonds is 3. The smallest absolute Gasteiger partial charge is 0.236 e. The molecule has 0 atom stereocenters. The van der Waals surface area contributed by atoms with E-state index in [2.05, 4.69) is 11.8 Å². The molecule has 0 bridgehead atoms. The van der Waals surface area contributed by atoms with Crippen molar-refractivity contribution in [2.75, 3.05) is 32.7 Å². The standard InChI is InChI=1S/C15H27N3OS/c1-15(14(16)20)6-10-17(11-7-15)12-13(19)18-8-4-2-3-5-9-18/h2-12H2,1H3,(H2,16,20). The third-order valence-corrected chi connectivity index (χ3v) is 5.36. The van der Waals surface area contributed by atoms with Gasteiger partial charge in [0.2, 0.25) is 5.91 Å². The molecule has 0 aliphatic carbocycles. The number of piperidine rings is 1. The van der Waals surface area contributed by atoms with Crippen LogP contribution in [0.25, 0.3) is 0 Å². The van der Waals surface area contributed by atoms with Gasteiger partial charge >= 0.3 is 0 Å². The van der Waals surface area contributed by atoms with Crippen LogP contribution in [-0.2, 0) is 4.79 Å². The molecule has 2 saturated heterocycles. The number of thiocarbonyl (C=S) groups is 1. The van der Waals surface area contributed by atoms with E-state index in [-0.39, 0.29) is 5.41 Å². The molecule has 2 rings (SSSR count). The number of carbonyl (C=O) groups excluding carboxylic acids is 1. The highest BCUT2D eigenvalue weighted by atomic mass is 32.1. The van der Waals surface area contributed by atoms with Crippen molar-refractivity contribution >= 4 is 23.1 Å². The minimum absolute atomic E-state index is 0.0164. The number of hydrogen-bond acceptors (Lipinski definition) is 3. The molecule has 2 heterocycles. The first kappa shape index (κ1) is 15.7. The predicted octanol–water partition coefficient (Wildman–Crippen LogP) is 1.78. The molecule has 1 amide bonds. The van der Waals surface area contributed by atoms with E-state index in [1.807, 2.05) is 4.90 Å². The average Bonchev–Trinajstić information content (AvgIpc) is 2.70. The Morgan fingerprint density at radius 1 is 1.10 bits per heavy atom. The maximum atomic E-state index is 12.3. The summed E-state index contributed by atoms with van der Waals surface area (Å²) in [6.07, 6.45) is 6.78. The van der Waals surface area contributed by atoms with E-state index >= 15 is 0 Å². The van der Waals surface area contributed by atoms with E-state index in [1.165, 1.54) is 12.8 Å². The number of carbonyl (C=O) groups is 1. The number of likely N-dealkylation sites (tertiary alicyclic amines) is 2. The van der Waals surface area contributed by atoms with Gasteiger partial charge in [-0.15, -0.1) is 0 Å². The molecule has 2 aliphatic heterocycles. The van der Waals surface area contributed by atoms with Crippen molar-refractivity contribution < 1.29 is 4.79 Å². The monoisotopic (exact) mass is 297 g/mol. The molecule has 0 aromatic rings. The predicted molar refractivity (Wildman–Crippen MR) is 85.6 cm³/mol. The summed E-state index contributed by atoms with van der Waals surface area (Å²) in [6.45, 7) is 6.44. The molecule has 0 radical (unpaired) electrons. The lowest BCUT2D eigenvalue weighted by Crippen LogP contribution is -2.48. The van der Waals surface area contributed by atoms with Crippen molar-refractivity contribution in [2.45, 2.75) is 45.4 Å². The molecule has 0 saturated carbocycles. The summed E-state index contributed by atoms with van der Waals surface area (Å²) in [5, 5.41) is 0. The third kappa shape index (κ3) is 3.92. The van der Waals surface area contributed by atoms with Gasteiger partial charge in [0.05, 0.1) is 11.5 Å². The first-order chi connectivity index (χ1) is 9.51. The number of nitrogens with two attached hydrogens (primary N) is 1. The fourth-order valence-electron chi connectivity index (χ4n) is 3.06. The van der Waals surface area contributed by atoms with Crippen LogP contribution in [-0.4, -0.2) is 53.4 Å². The summed E-state index contributed by atoms with van der Waals surface area (Å²) < 4.78 is 0. The van der Waals surface area contributed by atoms with Crippen LogP contribution in [0.1, 0.15) is 45.4 Å². The lowest BCUT2D eigenvalue weighted by molar-refractivity contribution is -0.132. The molecule has 0 unspecified atom stereocenters. The minimum atomic E-state index is -0.0164. The van der Waals surface area contributed by atoms with E-state index < -0.39 is 0 Å². The van der Waals surface area contributed by atoms with Crippen LogP contribution in [0.4, 0.5) is 0 Å². The molecule has 0 aromatic carbocycles. The zero-order chi connectivity index (χ0) is 14.6. The molecular formula is C15H27N3OS. The molecule has 2 aliphatic rings. The first-order valence-corrected chi connectivity index (χ1v) is 8.22. The van der Waals surface area contributed by atoms with Crippen molar-refractivity contribution in [1.82, 2.24) is 9.80 Å². The molecule has 20 heavy (non-hydrogen) atoms. The van der Waals surface area contributed by atoms with Gasteiger partial charge in [0.25, 0.3) is 0 Å². The van der Waals surface area contributed by atoms with E-state index in [0.29, 0.717) is 17.4 Å². The Kier molecular flexibility index (Phi) is 5.38. The van der Waals surface area contributed by atoms with Gasteiger partial charge < -0.3 is 10.6 Å². The summed E-state index contributed by atoms with van der Waals surface area (Å²) in [5.41, 5.74) is 5.80. The van der Waals surface area contributed by atoms with Crippen molar-refractivity contribution in [2.24, 2.45) is 11.1 Å². The van der Waals surface area contributed by atoms with E-state index in [9.17, 15) is 4.79 Å². The van der Waals surface area contributed by atoms with Crippen molar-refractivity contribution in [3.63, 3.8) is 0 Å². The summed E-state index contributed by atoms with van der Waals surface area (Å²) in [4.78, 5) is 17.3.